The summed E-state index contributed by atoms with van der Waals surface area (Å²) in [4.78, 5) is 0. The number of rotatable bonds is 6. The molecule has 4 rings (SSSR count). The molecular formula is C32H44Cl2SiTi-4. The summed E-state index contributed by atoms with van der Waals surface area (Å²) in [5, 5.41) is 0. The first-order chi connectivity index (χ1) is 15.5. The van der Waals surface area contributed by atoms with E-state index in [1.54, 1.807) is 0 Å². The van der Waals surface area contributed by atoms with Crippen LogP contribution in [0, 0.1) is 38.8 Å². The molecule has 0 N–H and O–H groups in total. The Bertz CT molecular complexity index is 879. The molecular weight excluding hydrogens is 531 g/mol. The molecule has 2 aromatic carbocycles. The van der Waals surface area contributed by atoms with Gasteiger partial charge in [-0.15, -0.1) is 71.4 Å². The Hall–Kier alpha value is -1.09. The zero-order valence-corrected chi connectivity index (χ0v) is 27.5. The van der Waals surface area contributed by atoms with Crippen LogP contribution in [-0.4, -0.2) is 7.63 Å². The van der Waals surface area contributed by atoms with Crippen LogP contribution in [0.5, 0.6) is 0 Å². The molecule has 0 radical (unpaired) electrons. The third-order valence-electron chi connectivity index (χ3n) is 5.22. The van der Waals surface area contributed by atoms with E-state index in [1.165, 1.54) is 46.3 Å². The topological polar surface area (TPSA) is 0 Å². The summed E-state index contributed by atoms with van der Waals surface area (Å²) in [6.45, 7) is 9.06. The quantitative estimate of drug-likeness (QED) is 0.238. The Morgan fingerprint density at radius 2 is 0.944 bits per heavy atom. The van der Waals surface area contributed by atoms with Crippen LogP contribution in [0.2, 0.25) is 0 Å². The molecule has 0 spiro atoms. The molecule has 0 aromatic heterocycles. The van der Waals surface area contributed by atoms with Crippen molar-refractivity contribution in [2.24, 2.45) is 11.8 Å². The second-order valence-electron chi connectivity index (χ2n) is 9.07. The van der Waals surface area contributed by atoms with Gasteiger partial charge >= 0.3 is 26.8 Å². The van der Waals surface area contributed by atoms with Gasteiger partial charge in [0.25, 0.3) is 0 Å². The normalized spacial score (nSPS) is 12.9. The van der Waals surface area contributed by atoms with Gasteiger partial charge in [-0.3, -0.25) is 0 Å². The Kier molecular flexibility index (Phi) is 24.0. The number of hydrogen-bond donors (Lipinski definition) is 0. The fraction of sp³-hybridized carbons (Fsp3) is 0.312. The van der Waals surface area contributed by atoms with E-state index in [0.717, 1.165) is 24.7 Å². The maximum absolute atomic E-state index is 3.45. The van der Waals surface area contributed by atoms with Crippen LogP contribution in [0.15, 0.2) is 84.0 Å². The van der Waals surface area contributed by atoms with Gasteiger partial charge in [-0.2, -0.15) is 35.5 Å². The second kappa shape index (κ2) is 21.9. The third kappa shape index (κ3) is 14.0. The van der Waals surface area contributed by atoms with Gasteiger partial charge in [-0.1, -0.05) is 76.9 Å². The van der Waals surface area contributed by atoms with Crippen LogP contribution in [0.4, 0.5) is 0 Å². The van der Waals surface area contributed by atoms with Crippen LogP contribution in [0.1, 0.15) is 64.5 Å². The van der Waals surface area contributed by atoms with Gasteiger partial charge in [0.05, 0.1) is 0 Å². The predicted molar refractivity (Wildman–Crippen MR) is 166 cm³/mol. The van der Waals surface area contributed by atoms with Crippen molar-refractivity contribution in [1.29, 1.82) is 0 Å². The van der Waals surface area contributed by atoms with Crippen molar-refractivity contribution in [1.82, 2.24) is 0 Å². The van der Waals surface area contributed by atoms with E-state index >= 15 is 0 Å². The molecule has 0 saturated heterocycles. The zero-order valence-electron chi connectivity index (χ0n) is 22.9. The van der Waals surface area contributed by atoms with Crippen LogP contribution in [0.3, 0.4) is 0 Å². The molecule has 2 aliphatic rings. The number of hydrogen-bond acceptors (Lipinski definition) is 0. The van der Waals surface area contributed by atoms with Gasteiger partial charge in [-0.25, -0.2) is 0 Å². The molecule has 4 heteroatoms. The second-order valence-corrected chi connectivity index (χ2v) is 9.07. The molecule has 0 atom stereocenters. The zero-order chi connectivity index (χ0) is 23.3. The molecule has 36 heavy (non-hydrogen) atoms. The van der Waals surface area contributed by atoms with E-state index in [4.69, 9.17) is 0 Å². The van der Waals surface area contributed by atoms with Crippen LogP contribution in [-0.2, 0) is 19.2 Å². The summed E-state index contributed by atoms with van der Waals surface area (Å²) in [7, 11) is 1.86. The first kappa shape index (κ1) is 39.4. The van der Waals surface area contributed by atoms with Crippen molar-refractivity contribution in [3.8, 4) is 0 Å². The molecule has 0 heterocycles. The molecule has 0 saturated carbocycles. The molecule has 0 unspecified atom stereocenters. The van der Waals surface area contributed by atoms with Crippen molar-refractivity contribution in [3.05, 3.63) is 122 Å². The predicted octanol–water partition coefficient (Wildman–Crippen LogP) is 9.32. The summed E-state index contributed by atoms with van der Waals surface area (Å²) in [6, 6.07) is 21.0. The van der Waals surface area contributed by atoms with Gasteiger partial charge in [0.15, 0.2) is 0 Å². The van der Waals surface area contributed by atoms with Crippen molar-refractivity contribution in [2.45, 2.75) is 53.4 Å². The SMILES string of the molecule is CC(C)CC1=CC(c2ccccc2)=[C-]C1.CC(C)CC1=CC(c2ccccc2)=[C-]C1.Cl.Cl.[CH3-].[CH3-].[SiH2]=[Ti]. The molecule has 0 amide bonds. The van der Waals surface area contributed by atoms with Crippen molar-refractivity contribution in [3.63, 3.8) is 0 Å². The van der Waals surface area contributed by atoms with Crippen molar-refractivity contribution in [2.75, 3.05) is 0 Å². The molecule has 0 fully saturated rings. The maximum atomic E-state index is 3.45. The average molecular weight is 576 g/mol. The molecule has 0 aliphatic heterocycles. The van der Waals surface area contributed by atoms with Gasteiger partial charge in [-0.05, 0) is 24.7 Å². The first-order valence-corrected chi connectivity index (χ1v) is 15.6. The Labute approximate surface area is 248 Å². The average Bonchev–Trinajstić information content (AvgIpc) is 3.46. The summed E-state index contributed by atoms with van der Waals surface area (Å²) in [5.74, 6) is 1.49. The van der Waals surface area contributed by atoms with E-state index < -0.39 is 0 Å². The molecule has 2 aliphatic carbocycles. The number of benzene rings is 2. The van der Waals surface area contributed by atoms with E-state index in [0.29, 0.717) is 0 Å². The molecule has 0 nitrogen and oxygen atoms in total. The summed E-state index contributed by atoms with van der Waals surface area (Å²) >= 11 is 2.03. The van der Waals surface area contributed by atoms with Gasteiger partial charge in [0.2, 0.25) is 0 Å². The van der Waals surface area contributed by atoms with E-state index in [2.05, 4.69) is 113 Å². The minimum atomic E-state index is 0. The van der Waals surface area contributed by atoms with Gasteiger partial charge in [0, 0.05) is 0 Å². The Morgan fingerprint density at radius 3 is 1.22 bits per heavy atom. The fourth-order valence-electron chi connectivity index (χ4n) is 3.95. The van der Waals surface area contributed by atoms with Crippen LogP contribution < -0.4 is 0 Å². The standard InChI is InChI=1S/2C15H17.2CH3.2ClH.H2Si.Ti/c2*1-12(2)10-13-8-9-15(11-13)14-6-4-3-5-7-14;;;;;;/h2*3-7,11-12H,8,10H2,1-2H3;2*1H3;2*1H;1H2;/q4*-1;;;;. The van der Waals surface area contributed by atoms with Gasteiger partial charge < -0.3 is 14.9 Å². The van der Waals surface area contributed by atoms with E-state index in [9.17, 15) is 0 Å². The number of allylic oxidation sites excluding steroid dienone is 8. The van der Waals surface area contributed by atoms with E-state index in [1.807, 2.05) is 26.8 Å². The fourth-order valence-corrected chi connectivity index (χ4v) is 3.95. The van der Waals surface area contributed by atoms with Crippen molar-refractivity contribution < 1.29 is 19.2 Å². The molecule has 0 bridgehead atoms. The summed E-state index contributed by atoms with van der Waals surface area (Å²) in [6.07, 6.45) is 15.9. The molecule has 198 valence electrons. The van der Waals surface area contributed by atoms with Gasteiger partial charge in [0.1, 0.15) is 0 Å². The summed E-state index contributed by atoms with van der Waals surface area (Å²) in [5.41, 5.74) is 8.15. The molecule has 2 aromatic rings. The Balaban J connectivity index is -0.000000513. The monoisotopic (exact) mass is 574 g/mol. The third-order valence-corrected chi connectivity index (χ3v) is 5.22. The Morgan fingerprint density at radius 1 is 0.639 bits per heavy atom. The summed E-state index contributed by atoms with van der Waals surface area (Å²) < 4.78 is 0. The van der Waals surface area contributed by atoms with Crippen molar-refractivity contribution >= 4 is 43.6 Å². The number of halogens is 2. The van der Waals surface area contributed by atoms with Crippen LogP contribution >= 0.6 is 24.8 Å². The first-order valence-electron chi connectivity index (χ1n) is 11.6. The van der Waals surface area contributed by atoms with E-state index in [-0.39, 0.29) is 39.7 Å². The van der Waals surface area contributed by atoms with Crippen LogP contribution in [0.25, 0.3) is 11.1 Å². The minimum absolute atomic E-state index is 0.